The molecule has 0 aliphatic heterocycles. The Kier molecular flexibility index (Phi) is 3.52. The van der Waals surface area contributed by atoms with E-state index in [1.807, 2.05) is 13.0 Å². The summed E-state index contributed by atoms with van der Waals surface area (Å²) >= 11 is 0. The highest BCUT2D eigenvalue weighted by Crippen LogP contribution is 2.45. The first-order valence-electron chi connectivity index (χ1n) is 7.26. The number of aromatic nitrogens is 2. The van der Waals surface area contributed by atoms with E-state index in [4.69, 9.17) is 10.8 Å². The molecular weight excluding hydrogens is 318 g/mol. The van der Waals surface area contributed by atoms with E-state index in [0.29, 0.717) is 0 Å². The third-order valence-electron chi connectivity index (χ3n) is 4.28. The van der Waals surface area contributed by atoms with Crippen molar-refractivity contribution >= 4 is 11.8 Å². The van der Waals surface area contributed by atoms with Crippen LogP contribution in [-0.2, 0) is 16.8 Å². The van der Waals surface area contributed by atoms with Gasteiger partial charge in [0, 0.05) is 11.1 Å². The summed E-state index contributed by atoms with van der Waals surface area (Å²) in [5.41, 5.74) is 5.08. The van der Waals surface area contributed by atoms with Gasteiger partial charge in [-0.3, -0.25) is 4.79 Å². The summed E-state index contributed by atoms with van der Waals surface area (Å²) in [6, 6.07) is 4.28. The van der Waals surface area contributed by atoms with E-state index in [1.165, 1.54) is 16.8 Å². The van der Waals surface area contributed by atoms with E-state index < -0.39 is 24.0 Å². The van der Waals surface area contributed by atoms with E-state index in [-0.39, 0.29) is 33.7 Å². The van der Waals surface area contributed by atoms with Crippen LogP contribution in [-0.4, -0.2) is 20.9 Å². The molecule has 0 bridgehead atoms. The Bertz CT molecular complexity index is 894. The Morgan fingerprint density at radius 1 is 1.46 bits per heavy atom. The molecule has 3 rings (SSSR count). The van der Waals surface area contributed by atoms with E-state index in [2.05, 4.69) is 5.10 Å². The van der Waals surface area contributed by atoms with Crippen LogP contribution in [0.25, 0.3) is 11.3 Å². The van der Waals surface area contributed by atoms with Gasteiger partial charge in [-0.1, -0.05) is 6.07 Å². The summed E-state index contributed by atoms with van der Waals surface area (Å²) in [6.45, 7) is 1.91. The Hall–Kier alpha value is -2.95. The number of nitriles is 1. The zero-order chi connectivity index (χ0) is 17.6. The van der Waals surface area contributed by atoms with Crippen molar-refractivity contribution in [1.82, 2.24) is 9.78 Å². The predicted octanol–water partition coefficient (Wildman–Crippen LogP) is 2.42. The number of carboxylic acid groups (broad SMARTS) is 1. The number of nitrogens with zero attached hydrogens (tertiary/aromatic N) is 3. The molecule has 0 atom stereocenters. The summed E-state index contributed by atoms with van der Waals surface area (Å²) in [5.74, 6) is -3.66. The van der Waals surface area contributed by atoms with Crippen LogP contribution in [0.2, 0.25) is 0 Å². The molecule has 8 heteroatoms. The van der Waals surface area contributed by atoms with Gasteiger partial charge in [0.05, 0.1) is 12.0 Å². The minimum Gasteiger partial charge on any atom is -0.481 e. The zero-order valence-electron chi connectivity index (χ0n) is 12.8. The maximum Gasteiger partial charge on any atom is 0.307 e. The van der Waals surface area contributed by atoms with Gasteiger partial charge in [-0.2, -0.15) is 10.4 Å². The third kappa shape index (κ3) is 2.38. The molecule has 124 valence electrons. The highest BCUT2D eigenvalue weighted by Gasteiger charge is 2.43. The number of halogens is 2. The first-order valence-corrected chi connectivity index (χ1v) is 7.26. The van der Waals surface area contributed by atoms with Gasteiger partial charge in [0.15, 0.2) is 11.6 Å². The maximum atomic E-state index is 14.4. The number of nitrogens with two attached hydrogens (primary N) is 1. The number of nitrogen functional groups attached to an aromatic ring is 1. The van der Waals surface area contributed by atoms with Crippen LogP contribution in [0, 0.1) is 23.0 Å². The number of carbonyl (C=O) groups is 1. The Balaban J connectivity index is 2.15. The number of rotatable bonds is 4. The average Bonchev–Trinajstić information content (AvgIpc) is 3.17. The third-order valence-corrected chi connectivity index (χ3v) is 4.28. The first kappa shape index (κ1) is 15.9. The largest absolute Gasteiger partial charge is 0.481 e. The summed E-state index contributed by atoms with van der Waals surface area (Å²) in [4.78, 5) is 10.7. The molecule has 1 aromatic heterocycles. The Morgan fingerprint density at radius 3 is 2.67 bits per heavy atom. The SMILES string of the molecule is CC1(n2nc(-c3ccc(CC(=O)O)c(F)c3F)c(C#N)c2N)CC1. The highest BCUT2D eigenvalue weighted by atomic mass is 19.2. The maximum absolute atomic E-state index is 14.4. The molecule has 0 unspecified atom stereocenters. The van der Waals surface area contributed by atoms with E-state index in [9.17, 15) is 18.8 Å². The molecule has 6 nitrogen and oxygen atoms in total. The van der Waals surface area contributed by atoms with Crippen molar-refractivity contribution in [1.29, 1.82) is 5.26 Å². The second-order valence-corrected chi connectivity index (χ2v) is 6.10. The molecule has 0 amide bonds. The van der Waals surface area contributed by atoms with Gasteiger partial charge in [0.2, 0.25) is 0 Å². The molecule has 1 heterocycles. The predicted molar refractivity (Wildman–Crippen MR) is 80.9 cm³/mol. The molecule has 24 heavy (non-hydrogen) atoms. The minimum absolute atomic E-state index is 0.0209. The fraction of sp³-hybridized carbons (Fsp3) is 0.312. The van der Waals surface area contributed by atoms with Gasteiger partial charge in [-0.25, -0.2) is 13.5 Å². The molecule has 1 fully saturated rings. The summed E-state index contributed by atoms with van der Waals surface area (Å²) in [5, 5.41) is 22.3. The second-order valence-electron chi connectivity index (χ2n) is 6.10. The molecule has 1 aromatic carbocycles. The van der Waals surface area contributed by atoms with E-state index in [0.717, 1.165) is 12.8 Å². The quantitative estimate of drug-likeness (QED) is 0.894. The van der Waals surface area contributed by atoms with Crippen molar-refractivity contribution in [3.8, 4) is 17.3 Å². The molecule has 0 saturated heterocycles. The van der Waals surface area contributed by atoms with Crippen molar-refractivity contribution in [2.75, 3.05) is 5.73 Å². The molecule has 1 aliphatic rings. The van der Waals surface area contributed by atoms with Crippen LogP contribution >= 0.6 is 0 Å². The smallest absolute Gasteiger partial charge is 0.307 e. The molecule has 0 radical (unpaired) electrons. The van der Waals surface area contributed by atoms with Crippen LogP contribution < -0.4 is 5.73 Å². The number of anilines is 1. The molecular formula is C16H14F2N4O2. The fourth-order valence-electron chi connectivity index (χ4n) is 2.61. The average molecular weight is 332 g/mol. The number of benzene rings is 1. The van der Waals surface area contributed by atoms with Crippen LogP contribution in [0.4, 0.5) is 14.6 Å². The monoisotopic (exact) mass is 332 g/mol. The van der Waals surface area contributed by atoms with Crippen molar-refractivity contribution in [2.45, 2.75) is 31.7 Å². The minimum atomic E-state index is -1.27. The molecule has 1 saturated carbocycles. The van der Waals surface area contributed by atoms with Crippen molar-refractivity contribution < 1.29 is 18.7 Å². The molecule has 0 spiro atoms. The van der Waals surface area contributed by atoms with Crippen LogP contribution in [0.3, 0.4) is 0 Å². The molecule has 2 aromatic rings. The fourth-order valence-corrected chi connectivity index (χ4v) is 2.61. The van der Waals surface area contributed by atoms with Crippen molar-refractivity contribution in [3.63, 3.8) is 0 Å². The number of aliphatic carboxylic acids is 1. The Morgan fingerprint density at radius 2 is 2.12 bits per heavy atom. The number of carboxylic acids is 1. The Labute approximate surface area is 136 Å². The van der Waals surface area contributed by atoms with Crippen molar-refractivity contribution in [2.24, 2.45) is 0 Å². The lowest BCUT2D eigenvalue weighted by molar-refractivity contribution is -0.136. The molecule has 3 N–H and O–H groups in total. The van der Waals surface area contributed by atoms with Gasteiger partial charge in [-0.15, -0.1) is 0 Å². The van der Waals surface area contributed by atoms with E-state index in [1.54, 1.807) is 0 Å². The zero-order valence-corrected chi connectivity index (χ0v) is 12.8. The normalized spacial score (nSPS) is 15.1. The van der Waals surface area contributed by atoms with Gasteiger partial charge in [0.25, 0.3) is 0 Å². The summed E-state index contributed by atoms with van der Waals surface area (Å²) < 4.78 is 30.0. The van der Waals surface area contributed by atoms with Gasteiger partial charge < -0.3 is 10.8 Å². The number of hydrogen-bond acceptors (Lipinski definition) is 4. The number of hydrogen-bond donors (Lipinski definition) is 2. The second kappa shape index (κ2) is 5.30. The summed E-state index contributed by atoms with van der Waals surface area (Å²) in [7, 11) is 0. The van der Waals surface area contributed by atoms with Crippen LogP contribution in [0.5, 0.6) is 0 Å². The van der Waals surface area contributed by atoms with E-state index >= 15 is 0 Å². The van der Waals surface area contributed by atoms with Crippen LogP contribution in [0.15, 0.2) is 12.1 Å². The standard InChI is InChI=1S/C16H14F2N4O2/c1-16(4-5-16)22-15(20)10(7-19)14(21-22)9-3-2-8(6-11(23)24)12(17)13(9)18/h2-3H,4-6,20H2,1H3,(H,23,24). The lowest BCUT2D eigenvalue weighted by Crippen LogP contribution is -2.16. The van der Waals surface area contributed by atoms with Crippen LogP contribution in [0.1, 0.15) is 30.9 Å². The van der Waals surface area contributed by atoms with Gasteiger partial charge in [-0.05, 0) is 25.8 Å². The van der Waals surface area contributed by atoms with Gasteiger partial charge in [0.1, 0.15) is 23.1 Å². The van der Waals surface area contributed by atoms with Gasteiger partial charge >= 0.3 is 5.97 Å². The summed E-state index contributed by atoms with van der Waals surface area (Å²) in [6.07, 6.45) is 1.03. The first-order chi connectivity index (χ1) is 11.3. The molecule has 1 aliphatic carbocycles. The lowest BCUT2D eigenvalue weighted by Gasteiger charge is -2.10. The lowest BCUT2D eigenvalue weighted by atomic mass is 10.0. The highest BCUT2D eigenvalue weighted by molar-refractivity contribution is 5.75. The van der Waals surface area contributed by atoms with Crippen molar-refractivity contribution in [3.05, 3.63) is 34.9 Å². The topological polar surface area (TPSA) is 105 Å².